The SMILES string of the molecule is O=C(NC[C@H]1CCCN1S(=O)(=O)c1ccccc1)c1ccccc1. The van der Waals surface area contributed by atoms with Crippen molar-refractivity contribution >= 4 is 15.9 Å². The molecule has 126 valence electrons. The Morgan fingerprint density at radius 1 is 1.04 bits per heavy atom. The van der Waals surface area contributed by atoms with E-state index in [4.69, 9.17) is 0 Å². The number of amides is 1. The number of sulfonamides is 1. The lowest BCUT2D eigenvalue weighted by Gasteiger charge is -2.24. The first-order valence-corrected chi connectivity index (χ1v) is 9.43. The molecule has 5 nitrogen and oxygen atoms in total. The first kappa shape index (κ1) is 16.7. The van der Waals surface area contributed by atoms with Gasteiger partial charge in [0, 0.05) is 24.7 Å². The minimum Gasteiger partial charge on any atom is -0.350 e. The molecule has 1 fully saturated rings. The highest BCUT2D eigenvalue weighted by Gasteiger charge is 2.35. The van der Waals surface area contributed by atoms with Gasteiger partial charge in [-0.15, -0.1) is 0 Å². The Bertz CT molecular complexity index is 792. The smallest absolute Gasteiger partial charge is 0.251 e. The molecule has 2 aromatic carbocycles. The van der Waals surface area contributed by atoms with Crippen molar-refractivity contribution in [2.24, 2.45) is 0 Å². The molecule has 0 radical (unpaired) electrons. The maximum atomic E-state index is 12.8. The number of hydrogen-bond acceptors (Lipinski definition) is 3. The zero-order valence-electron chi connectivity index (χ0n) is 13.3. The molecule has 1 aliphatic rings. The number of nitrogens with zero attached hydrogens (tertiary/aromatic N) is 1. The fourth-order valence-corrected chi connectivity index (χ4v) is 4.67. The van der Waals surface area contributed by atoms with E-state index in [0.717, 1.165) is 12.8 Å². The molecule has 24 heavy (non-hydrogen) atoms. The molecule has 6 heteroatoms. The van der Waals surface area contributed by atoms with Gasteiger partial charge in [-0.1, -0.05) is 36.4 Å². The Morgan fingerprint density at radius 3 is 2.33 bits per heavy atom. The Morgan fingerprint density at radius 2 is 1.67 bits per heavy atom. The Labute approximate surface area is 142 Å². The third-order valence-corrected chi connectivity index (χ3v) is 6.17. The van der Waals surface area contributed by atoms with Crippen LogP contribution in [-0.2, 0) is 10.0 Å². The van der Waals surface area contributed by atoms with Crippen molar-refractivity contribution < 1.29 is 13.2 Å². The summed E-state index contributed by atoms with van der Waals surface area (Å²) in [5.41, 5.74) is 0.577. The lowest BCUT2D eigenvalue weighted by Crippen LogP contribution is -2.43. The summed E-state index contributed by atoms with van der Waals surface area (Å²) in [5, 5.41) is 2.85. The normalized spacial score (nSPS) is 18.4. The van der Waals surface area contributed by atoms with Gasteiger partial charge >= 0.3 is 0 Å². The molecule has 1 atom stereocenters. The van der Waals surface area contributed by atoms with Crippen molar-refractivity contribution in [3.63, 3.8) is 0 Å². The molecule has 2 aromatic rings. The van der Waals surface area contributed by atoms with Crippen molar-refractivity contribution in [2.75, 3.05) is 13.1 Å². The molecule has 1 N–H and O–H groups in total. The van der Waals surface area contributed by atoms with E-state index in [1.165, 1.54) is 4.31 Å². The Balaban J connectivity index is 1.69. The molecule has 0 unspecified atom stereocenters. The summed E-state index contributed by atoms with van der Waals surface area (Å²) in [7, 11) is -3.52. The summed E-state index contributed by atoms with van der Waals surface area (Å²) in [5.74, 6) is -0.181. The summed E-state index contributed by atoms with van der Waals surface area (Å²) in [6, 6.07) is 17.2. The standard InChI is InChI=1S/C18H20N2O3S/c21-18(15-8-3-1-4-9-15)19-14-16-10-7-13-20(16)24(22,23)17-11-5-2-6-12-17/h1-6,8-9,11-12,16H,7,10,13-14H2,(H,19,21)/t16-/m1/s1. The van der Waals surface area contributed by atoms with E-state index in [1.807, 2.05) is 6.07 Å². The molecule has 0 aliphatic carbocycles. The molecule has 1 amide bonds. The van der Waals surface area contributed by atoms with E-state index in [0.29, 0.717) is 23.5 Å². The zero-order valence-corrected chi connectivity index (χ0v) is 14.1. The lowest BCUT2D eigenvalue weighted by molar-refractivity contribution is 0.0946. The molecule has 1 heterocycles. The molecule has 0 spiro atoms. The zero-order chi connectivity index (χ0) is 17.0. The van der Waals surface area contributed by atoms with Crippen LogP contribution < -0.4 is 5.32 Å². The maximum absolute atomic E-state index is 12.8. The highest BCUT2D eigenvalue weighted by molar-refractivity contribution is 7.89. The van der Waals surface area contributed by atoms with Crippen LogP contribution in [0, 0.1) is 0 Å². The van der Waals surface area contributed by atoms with Gasteiger partial charge in [-0.2, -0.15) is 4.31 Å². The number of hydrogen-bond donors (Lipinski definition) is 1. The van der Waals surface area contributed by atoms with Crippen LogP contribution in [0.15, 0.2) is 65.6 Å². The van der Waals surface area contributed by atoms with Crippen LogP contribution in [-0.4, -0.2) is 37.8 Å². The fraction of sp³-hybridized carbons (Fsp3) is 0.278. The summed E-state index contributed by atoms with van der Waals surface area (Å²) in [6.45, 7) is 0.808. The monoisotopic (exact) mass is 344 g/mol. The van der Waals surface area contributed by atoms with Gasteiger partial charge in [0.25, 0.3) is 5.91 Å². The highest BCUT2D eigenvalue weighted by Crippen LogP contribution is 2.25. The first-order chi connectivity index (χ1) is 11.6. The van der Waals surface area contributed by atoms with Crippen LogP contribution in [0.2, 0.25) is 0 Å². The molecule has 3 rings (SSSR count). The van der Waals surface area contributed by atoms with Crippen molar-refractivity contribution in [3.8, 4) is 0 Å². The quantitative estimate of drug-likeness (QED) is 0.905. The molecular formula is C18H20N2O3S. The van der Waals surface area contributed by atoms with Gasteiger partial charge < -0.3 is 5.32 Å². The minimum absolute atomic E-state index is 0.181. The van der Waals surface area contributed by atoms with Crippen LogP contribution >= 0.6 is 0 Å². The van der Waals surface area contributed by atoms with Gasteiger partial charge in [0.15, 0.2) is 0 Å². The van der Waals surface area contributed by atoms with Gasteiger partial charge in [-0.3, -0.25) is 4.79 Å². The average molecular weight is 344 g/mol. The third kappa shape index (κ3) is 3.49. The molecule has 0 aromatic heterocycles. The van der Waals surface area contributed by atoms with Crippen LogP contribution in [0.1, 0.15) is 23.2 Å². The van der Waals surface area contributed by atoms with Crippen molar-refractivity contribution in [2.45, 2.75) is 23.8 Å². The second-order valence-electron chi connectivity index (χ2n) is 5.80. The maximum Gasteiger partial charge on any atom is 0.251 e. The molecule has 1 aliphatic heterocycles. The molecular weight excluding hydrogens is 324 g/mol. The predicted octanol–water partition coefficient (Wildman–Crippen LogP) is 2.27. The van der Waals surface area contributed by atoms with E-state index in [2.05, 4.69) is 5.32 Å². The fourth-order valence-electron chi connectivity index (χ4n) is 2.96. The van der Waals surface area contributed by atoms with Crippen molar-refractivity contribution in [3.05, 3.63) is 66.2 Å². The number of benzene rings is 2. The molecule has 1 saturated heterocycles. The number of carbonyl (C=O) groups excluding carboxylic acids is 1. The number of carbonyl (C=O) groups is 1. The third-order valence-electron chi connectivity index (χ3n) is 4.21. The van der Waals surface area contributed by atoms with Crippen molar-refractivity contribution in [1.29, 1.82) is 0 Å². The summed E-state index contributed by atoms with van der Waals surface area (Å²) in [4.78, 5) is 12.4. The van der Waals surface area contributed by atoms with Crippen LogP contribution in [0.3, 0.4) is 0 Å². The van der Waals surface area contributed by atoms with Crippen LogP contribution in [0.5, 0.6) is 0 Å². The highest BCUT2D eigenvalue weighted by atomic mass is 32.2. The van der Waals surface area contributed by atoms with E-state index < -0.39 is 10.0 Å². The molecule has 0 bridgehead atoms. The van der Waals surface area contributed by atoms with E-state index >= 15 is 0 Å². The Kier molecular flexibility index (Phi) is 4.97. The van der Waals surface area contributed by atoms with E-state index in [9.17, 15) is 13.2 Å². The molecule has 0 saturated carbocycles. The topological polar surface area (TPSA) is 66.5 Å². The largest absolute Gasteiger partial charge is 0.350 e. The number of nitrogens with one attached hydrogen (secondary N) is 1. The van der Waals surface area contributed by atoms with Crippen molar-refractivity contribution in [1.82, 2.24) is 9.62 Å². The Hall–Kier alpha value is -2.18. The van der Waals surface area contributed by atoms with Gasteiger partial charge in [-0.05, 0) is 37.1 Å². The van der Waals surface area contributed by atoms with Crippen LogP contribution in [0.25, 0.3) is 0 Å². The average Bonchev–Trinajstić information content (AvgIpc) is 3.10. The predicted molar refractivity (Wildman–Crippen MR) is 92.1 cm³/mol. The minimum atomic E-state index is -3.52. The first-order valence-electron chi connectivity index (χ1n) is 7.99. The van der Waals surface area contributed by atoms with Gasteiger partial charge in [-0.25, -0.2) is 8.42 Å². The second-order valence-corrected chi connectivity index (χ2v) is 7.69. The summed E-state index contributed by atoms with van der Waals surface area (Å²) < 4.78 is 27.1. The summed E-state index contributed by atoms with van der Waals surface area (Å²) in [6.07, 6.45) is 1.55. The van der Waals surface area contributed by atoms with Gasteiger partial charge in [0.2, 0.25) is 10.0 Å². The van der Waals surface area contributed by atoms with E-state index in [1.54, 1.807) is 54.6 Å². The van der Waals surface area contributed by atoms with Gasteiger partial charge in [0.1, 0.15) is 0 Å². The van der Waals surface area contributed by atoms with Gasteiger partial charge in [0.05, 0.1) is 4.90 Å². The van der Waals surface area contributed by atoms with E-state index in [-0.39, 0.29) is 11.9 Å². The second kappa shape index (κ2) is 7.15. The van der Waals surface area contributed by atoms with Crippen LogP contribution in [0.4, 0.5) is 0 Å². The lowest BCUT2D eigenvalue weighted by atomic mass is 10.2. The summed E-state index contributed by atoms with van der Waals surface area (Å²) >= 11 is 0. The number of rotatable bonds is 5.